The summed E-state index contributed by atoms with van der Waals surface area (Å²) in [5, 5.41) is 8.86. The number of sulfonamides is 1. The molecule has 0 aliphatic carbocycles. The van der Waals surface area contributed by atoms with Crippen molar-refractivity contribution in [1.82, 2.24) is 0 Å². The summed E-state index contributed by atoms with van der Waals surface area (Å²) in [4.78, 5) is 0. The molecule has 1 aromatic carbocycles. The molecule has 2 unspecified atom stereocenters. The Morgan fingerprint density at radius 2 is 1.95 bits per heavy atom. The van der Waals surface area contributed by atoms with Crippen LogP contribution in [0.4, 0.5) is 8.78 Å². The van der Waals surface area contributed by atoms with E-state index in [-0.39, 0.29) is 25.3 Å². The predicted octanol–water partition coefficient (Wildman–Crippen LogP) is 2.18. The van der Waals surface area contributed by atoms with Crippen LogP contribution in [0.5, 0.6) is 0 Å². The molecule has 2 atom stereocenters. The summed E-state index contributed by atoms with van der Waals surface area (Å²) >= 11 is 0. The molecule has 0 amide bonds. The fourth-order valence-electron chi connectivity index (χ4n) is 1.90. The number of nitriles is 1. The molecule has 0 heterocycles. The van der Waals surface area contributed by atoms with Gasteiger partial charge in [0.05, 0.1) is 13.6 Å². The fourth-order valence-corrected chi connectivity index (χ4v) is 3.46. The summed E-state index contributed by atoms with van der Waals surface area (Å²) in [7, 11) is -2.35. The smallest absolute Gasteiger partial charge is 0.248 e. The SMILES string of the molecule is C[N+](CC#N)(CCC(F)CF)S(=O)(=O)Cc1ccccc1. The van der Waals surface area contributed by atoms with Crippen molar-refractivity contribution in [2.45, 2.75) is 18.3 Å². The van der Waals surface area contributed by atoms with E-state index < -0.39 is 26.8 Å². The van der Waals surface area contributed by atoms with E-state index in [0.717, 1.165) is 0 Å². The van der Waals surface area contributed by atoms with Gasteiger partial charge in [-0.15, -0.1) is 0 Å². The predicted molar refractivity (Wildman–Crippen MR) is 76.1 cm³/mol. The Hall–Kier alpha value is -1.52. The lowest BCUT2D eigenvalue weighted by molar-refractivity contribution is -0.777. The monoisotopic (exact) mass is 317 g/mol. The van der Waals surface area contributed by atoms with Gasteiger partial charge in [0, 0.05) is 6.42 Å². The molecule has 0 bridgehead atoms. The molecule has 7 heteroatoms. The van der Waals surface area contributed by atoms with E-state index >= 15 is 0 Å². The molecule has 1 aromatic rings. The summed E-state index contributed by atoms with van der Waals surface area (Å²) < 4.78 is 49.7. The second-order valence-corrected chi connectivity index (χ2v) is 7.42. The zero-order valence-corrected chi connectivity index (χ0v) is 12.7. The van der Waals surface area contributed by atoms with Gasteiger partial charge in [0.15, 0.2) is 6.54 Å². The zero-order valence-electron chi connectivity index (χ0n) is 11.9. The van der Waals surface area contributed by atoms with Gasteiger partial charge in [0.2, 0.25) is 0 Å². The lowest BCUT2D eigenvalue weighted by atomic mass is 10.2. The first-order valence-electron chi connectivity index (χ1n) is 6.53. The first-order chi connectivity index (χ1) is 9.84. The largest absolute Gasteiger partial charge is 0.301 e. The van der Waals surface area contributed by atoms with Gasteiger partial charge in [-0.1, -0.05) is 30.3 Å². The molecular weight excluding hydrogens is 298 g/mol. The molecule has 0 aliphatic rings. The Morgan fingerprint density at radius 1 is 1.33 bits per heavy atom. The van der Waals surface area contributed by atoms with Crippen LogP contribution < -0.4 is 0 Å². The number of hydrogen-bond donors (Lipinski definition) is 0. The van der Waals surface area contributed by atoms with Crippen LogP contribution in [0.2, 0.25) is 0 Å². The molecule has 0 N–H and O–H groups in total. The fraction of sp³-hybridized carbons (Fsp3) is 0.500. The van der Waals surface area contributed by atoms with Crippen molar-refractivity contribution in [2.75, 3.05) is 26.8 Å². The molecule has 0 fully saturated rings. The minimum absolute atomic E-state index is 0.131. The standard InChI is InChI=1S/C14H19F2N2O2S/c1-18(10-8-17,9-7-14(16)11-15)21(19,20)12-13-5-3-2-4-6-13/h2-6,14H,7,9-12H2,1H3/q+1. The van der Waals surface area contributed by atoms with Crippen LogP contribution in [0.3, 0.4) is 0 Å². The molecular formula is C14H19F2N2O2S+. The molecule has 0 saturated carbocycles. The average molecular weight is 317 g/mol. The molecule has 0 spiro atoms. The third-order valence-electron chi connectivity index (χ3n) is 3.35. The zero-order chi connectivity index (χ0) is 15.9. The van der Waals surface area contributed by atoms with Gasteiger partial charge in [-0.3, -0.25) is 0 Å². The highest BCUT2D eigenvalue weighted by atomic mass is 32.2. The molecule has 0 saturated heterocycles. The van der Waals surface area contributed by atoms with Crippen LogP contribution in [-0.2, 0) is 15.8 Å². The Balaban J connectivity index is 2.94. The van der Waals surface area contributed by atoms with Gasteiger partial charge < -0.3 is 0 Å². The number of nitrogens with zero attached hydrogens (tertiary/aromatic N) is 2. The van der Waals surface area contributed by atoms with E-state index in [1.165, 1.54) is 7.05 Å². The number of alkyl halides is 2. The summed E-state index contributed by atoms with van der Waals surface area (Å²) in [6, 6.07) is 10.4. The molecule has 0 aliphatic heterocycles. The Bertz CT molecular complexity index is 587. The first-order valence-corrected chi connectivity index (χ1v) is 8.14. The minimum atomic E-state index is -3.72. The third-order valence-corrected chi connectivity index (χ3v) is 5.70. The van der Waals surface area contributed by atoms with Crippen LogP contribution >= 0.6 is 0 Å². The molecule has 1 rings (SSSR count). The molecule has 21 heavy (non-hydrogen) atoms. The maximum atomic E-state index is 13.1. The maximum Gasteiger partial charge on any atom is 0.301 e. The molecule has 4 nitrogen and oxygen atoms in total. The van der Waals surface area contributed by atoms with Crippen LogP contribution in [0.1, 0.15) is 12.0 Å². The summed E-state index contributed by atoms with van der Waals surface area (Å²) in [5.74, 6) is -0.238. The minimum Gasteiger partial charge on any atom is -0.248 e. The molecule has 116 valence electrons. The van der Waals surface area contributed by atoms with E-state index in [2.05, 4.69) is 0 Å². The molecule has 0 aromatic heterocycles. The van der Waals surface area contributed by atoms with Crippen LogP contribution in [-0.4, -0.2) is 45.3 Å². The second kappa shape index (κ2) is 7.48. The van der Waals surface area contributed by atoms with E-state index in [4.69, 9.17) is 5.26 Å². The highest BCUT2D eigenvalue weighted by Crippen LogP contribution is 2.19. The summed E-state index contributed by atoms with van der Waals surface area (Å²) in [6.45, 7) is -1.58. The van der Waals surface area contributed by atoms with Gasteiger partial charge >= 0.3 is 10.0 Å². The third kappa shape index (κ3) is 4.76. The van der Waals surface area contributed by atoms with E-state index in [9.17, 15) is 17.2 Å². The van der Waals surface area contributed by atoms with Crippen molar-refractivity contribution in [3.05, 3.63) is 35.9 Å². The van der Waals surface area contributed by atoms with E-state index in [0.29, 0.717) is 5.56 Å². The van der Waals surface area contributed by atoms with Crippen molar-refractivity contribution in [1.29, 1.82) is 5.26 Å². The highest BCUT2D eigenvalue weighted by molar-refractivity contribution is 7.85. The highest BCUT2D eigenvalue weighted by Gasteiger charge is 2.37. The van der Waals surface area contributed by atoms with Crippen molar-refractivity contribution in [2.24, 2.45) is 0 Å². The van der Waals surface area contributed by atoms with E-state index in [1.807, 2.05) is 6.07 Å². The lowest BCUT2D eigenvalue weighted by Gasteiger charge is -2.30. The number of quaternary nitrogens is 1. The van der Waals surface area contributed by atoms with Crippen LogP contribution in [0, 0.1) is 11.3 Å². The quantitative estimate of drug-likeness (QED) is 0.545. The van der Waals surface area contributed by atoms with Crippen molar-refractivity contribution >= 4 is 10.0 Å². The summed E-state index contributed by atoms with van der Waals surface area (Å²) in [5.41, 5.74) is 0.599. The Kier molecular flexibility index (Phi) is 6.24. The Labute approximate surface area is 124 Å². The van der Waals surface area contributed by atoms with Crippen LogP contribution in [0.15, 0.2) is 30.3 Å². The maximum absolute atomic E-state index is 13.1. The van der Waals surface area contributed by atoms with Crippen molar-refractivity contribution in [3.63, 3.8) is 0 Å². The Morgan fingerprint density at radius 3 is 2.48 bits per heavy atom. The number of hydrogen-bond acceptors (Lipinski definition) is 3. The topological polar surface area (TPSA) is 57.9 Å². The average Bonchev–Trinajstić information content (AvgIpc) is 2.45. The molecule has 0 radical (unpaired) electrons. The number of rotatable bonds is 8. The second-order valence-electron chi connectivity index (χ2n) is 5.09. The lowest BCUT2D eigenvalue weighted by Crippen LogP contribution is -2.51. The van der Waals surface area contributed by atoms with Gasteiger partial charge in [0.25, 0.3) is 0 Å². The van der Waals surface area contributed by atoms with Gasteiger partial charge in [0.1, 0.15) is 24.7 Å². The van der Waals surface area contributed by atoms with Crippen molar-refractivity contribution in [3.8, 4) is 6.07 Å². The van der Waals surface area contributed by atoms with Gasteiger partial charge in [-0.05, 0) is 5.56 Å². The van der Waals surface area contributed by atoms with Crippen LogP contribution in [0.25, 0.3) is 0 Å². The van der Waals surface area contributed by atoms with Gasteiger partial charge in [-0.25, -0.2) is 12.7 Å². The first kappa shape index (κ1) is 17.5. The van der Waals surface area contributed by atoms with Crippen molar-refractivity contribution < 1.29 is 21.1 Å². The number of halogens is 2. The number of benzene rings is 1. The van der Waals surface area contributed by atoms with Gasteiger partial charge in [-0.2, -0.15) is 13.7 Å². The van der Waals surface area contributed by atoms with E-state index in [1.54, 1.807) is 30.3 Å². The normalized spacial score (nSPS) is 15.9. The summed E-state index contributed by atoms with van der Waals surface area (Å²) in [6.07, 6.45) is -1.93.